The third kappa shape index (κ3) is 8.34. The SMILES string of the molecule is CC[C@@H](C(=O)NC(C)(C)C)N(Cc1ccccc1)C(=O)CN(c1cccc(C(F)(F)F)c1)S(=O)(=O)c1ccc(C)cc1. The highest BCUT2D eigenvalue weighted by molar-refractivity contribution is 7.92. The van der Waals surface area contributed by atoms with Gasteiger partial charge >= 0.3 is 6.18 Å². The van der Waals surface area contributed by atoms with Crippen LogP contribution in [0.4, 0.5) is 18.9 Å². The van der Waals surface area contributed by atoms with Gasteiger partial charge in [0.25, 0.3) is 10.0 Å². The Hall–Kier alpha value is -3.86. The number of nitrogens with one attached hydrogen (secondary N) is 1. The third-order valence-corrected chi connectivity index (χ3v) is 8.22. The van der Waals surface area contributed by atoms with Crippen LogP contribution >= 0.6 is 0 Å². The molecule has 0 aromatic heterocycles. The van der Waals surface area contributed by atoms with Gasteiger partial charge in [-0.15, -0.1) is 0 Å². The molecule has 0 fully saturated rings. The van der Waals surface area contributed by atoms with Gasteiger partial charge in [-0.2, -0.15) is 13.2 Å². The van der Waals surface area contributed by atoms with E-state index < -0.39 is 51.7 Å². The van der Waals surface area contributed by atoms with Gasteiger partial charge in [0.05, 0.1) is 16.1 Å². The van der Waals surface area contributed by atoms with Gasteiger partial charge < -0.3 is 10.2 Å². The summed E-state index contributed by atoms with van der Waals surface area (Å²) in [6.07, 6.45) is -4.52. The maximum Gasteiger partial charge on any atom is 0.416 e. The second-order valence-corrected chi connectivity index (χ2v) is 12.9. The fourth-order valence-corrected chi connectivity index (χ4v) is 5.76. The molecule has 11 heteroatoms. The van der Waals surface area contributed by atoms with E-state index in [9.17, 15) is 31.2 Å². The summed E-state index contributed by atoms with van der Waals surface area (Å²) in [5.74, 6) is -1.18. The Morgan fingerprint density at radius 3 is 2.07 bits per heavy atom. The average Bonchev–Trinajstić information content (AvgIpc) is 2.91. The van der Waals surface area contributed by atoms with E-state index in [1.807, 2.05) is 0 Å². The molecular formula is C31H36F3N3O4S. The monoisotopic (exact) mass is 603 g/mol. The van der Waals surface area contributed by atoms with E-state index in [4.69, 9.17) is 0 Å². The van der Waals surface area contributed by atoms with Crippen molar-refractivity contribution in [3.05, 3.63) is 95.6 Å². The molecule has 3 aromatic carbocycles. The summed E-state index contributed by atoms with van der Waals surface area (Å²) in [5.41, 5.74) is -0.523. The van der Waals surface area contributed by atoms with Gasteiger partial charge in [0.2, 0.25) is 11.8 Å². The van der Waals surface area contributed by atoms with Crippen molar-refractivity contribution in [2.75, 3.05) is 10.8 Å². The lowest BCUT2D eigenvalue weighted by Crippen LogP contribution is -2.55. The zero-order valence-electron chi connectivity index (χ0n) is 24.3. The molecule has 0 heterocycles. The molecule has 7 nitrogen and oxygen atoms in total. The fraction of sp³-hybridized carbons (Fsp3) is 0.355. The fourth-order valence-electron chi connectivity index (χ4n) is 4.36. The van der Waals surface area contributed by atoms with Crippen molar-refractivity contribution in [2.24, 2.45) is 0 Å². The number of halogens is 3. The molecule has 42 heavy (non-hydrogen) atoms. The zero-order valence-corrected chi connectivity index (χ0v) is 25.1. The molecule has 1 atom stereocenters. The van der Waals surface area contributed by atoms with E-state index in [1.54, 1.807) is 77.1 Å². The van der Waals surface area contributed by atoms with Crippen LogP contribution in [0.5, 0.6) is 0 Å². The second-order valence-electron chi connectivity index (χ2n) is 11.0. The van der Waals surface area contributed by atoms with E-state index in [0.717, 1.165) is 17.7 Å². The van der Waals surface area contributed by atoms with Crippen molar-refractivity contribution < 1.29 is 31.2 Å². The van der Waals surface area contributed by atoms with Gasteiger partial charge in [-0.05, 0) is 70.0 Å². The Morgan fingerprint density at radius 2 is 1.52 bits per heavy atom. The summed E-state index contributed by atoms with van der Waals surface area (Å²) < 4.78 is 69.3. The van der Waals surface area contributed by atoms with Crippen molar-refractivity contribution in [1.29, 1.82) is 0 Å². The van der Waals surface area contributed by atoms with Crippen LogP contribution in [0.25, 0.3) is 0 Å². The molecule has 0 radical (unpaired) electrons. The Morgan fingerprint density at radius 1 is 0.905 bits per heavy atom. The first-order chi connectivity index (χ1) is 19.5. The van der Waals surface area contributed by atoms with Crippen LogP contribution in [-0.2, 0) is 32.3 Å². The summed E-state index contributed by atoms with van der Waals surface area (Å²) in [5, 5.41) is 2.87. The van der Waals surface area contributed by atoms with E-state index >= 15 is 0 Å². The highest BCUT2D eigenvalue weighted by Crippen LogP contribution is 2.33. The third-order valence-electron chi connectivity index (χ3n) is 6.43. The largest absolute Gasteiger partial charge is 0.416 e. The molecule has 0 unspecified atom stereocenters. The number of carbonyl (C=O) groups excluding carboxylic acids is 2. The summed E-state index contributed by atoms with van der Waals surface area (Å²) >= 11 is 0. The molecule has 226 valence electrons. The number of rotatable bonds is 10. The minimum absolute atomic E-state index is 0.0171. The molecular weight excluding hydrogens is 567 g/mol. The molecule has 3 aromatic rings. The first-order valence-corrected chi connectivity index (χ1v) is 14.9. The minimum Gasteiger partial charge on any atom is -0.350 e. The molecule has 2 amide bonds. The number of nitrogens with zero attached hydrogens (tertiary/aromatic N) is 2. The number of hydrogen-bond acceptors (Lipinski definition) is 4. The van der Waals surface area contributed by atoms with E-state index in [2.05, 4.69) is 5.32 Å². The van der Waals surface area contributed by atoms with Crippen LogP contribution in [0.3, 0.4) is 0 Å². The standard InChI is InChI=1S/C31H36F3N3O4S/c1-6-27(29(39)35-30(3,4)5)36(20-23-11-8-7-9-12-23)28(38)21-37(25-14-10-13-24(19-25)31(32,33)34)42(40,41)26-17-15-22(2)16-18-26/h7-19,27H,6,20-21H2,1-5H3,(H,35,39)/t27-/m0/s1. The van der Waals surface area contributed by atoms with Gasteiger partial charge in [0.1, 0.15) is 12.6 Å². The van der Waals surface area contributed by atoms with Crippen LogP contribution in [0.1, 0.15) is 50.8 Å². The summed E-state index contributed by atoms with van der Waals surface area (Å²) in [6, 6.07) is 17.5. The molecule has 0 aliphatic rings. The predicted octanol–water partition coefficient (Wildman–Crippen LogP) is 5.93. The average molecular weight is 604 g/mol. The van der Waals surface area contributed by atoms with E-state index in [0.29, 0.717) is 15.9 Å². The van der Waals surface area contributed by atoms with Gasteiger partial charge in [0, 0.05) is 12.1 Å². The topological polar surface area (TPSA) is 86.8 Å². The maximum atomic E-state index is 14.0. The second kappa shape index (κ2) is 13.0. The van der Waals surface area contributed by atoms with Crippen molar-refractivity contribution in [3.8, 4) is 0 Å². The molecule has 0 aliphatic carbocycles. The zero-order chi connectivity index (χ0) is 31.3. The quantitative estimate of drug-likeness (QED) is 0.311. The lowest BCUT2D eigenvalue weighted by Gasteiger charge is -2.35. The van der Waals surface area contributed by atoms with Gasteiger partial charge in [-0.3, -0.25) is 13.9 Å². The molecule has 0 spiro atoms. The highest BCUT2D eigenvalue weighted by atomic mass is 32.2. The first kappa shape index (κ1) is 32.7. The number of aryl methyl sites for hydroxylation is 1. The number of alkyl halides is 3. The normalized spacial score (nSPS) is 12.9. The molecule has 1 N–H and O–H groups in total. The lowest BCUT2D eigenvalue weighted by molar-refractivity contribution is -0.141. The lowest BCUT2D eigenvalue weighted by atomic mass is 10.1. The van der Waals surface area contributed by atoms with Crippen LogP contribution in [-0.4, -0.2) is 43.3 Å². The summed E-state index contributed by atoms with van der Waals surface area (Å²) in [7, 11) is -4.50. The number of anilines is 1. The molecule has 0 saturated carbocycles. The van der Waals surface area contributed by atoms with Crippen molar-refractivity contribution in [1.82, 2.24) is 10.2 Å². The van der Waals surface area contributed by atoms with Gasteiger partial charge in [-0.25, -0.2) is 8.42 Å². The molecule has 3 rings (SSSR count). The van der Waals surface area contributed by atoms with Crippen LogP contribution in [0, 0.1) is 6.92 Å². The van der Waals surface area contributed by atoms with Crippen molar-refractivity contribution in [2.45, 2.75) is 70.2 Å². The predicted molar refractivity (Wildman–Crippen MR) is 156 cm³/mol. The molecule has 0 bridgehead atoms. The first-order valence-electron chi connectivity index (χ1n) is 13.4. The Labute approximate surface area is 245 Å². The van der Waals surface area contributed by atoms with E-state index in [1.165, 1.54) is 23.1 Å². The number of carbonyl (C=O) groups is 2. The highest BCUT2D eigenvalue weighted by Gasteiger charge is 2.36. The molecule has 0 aliphatic heterocycles. The van der Waals surface area contributed by atoms with E-state index in [-0.39, 0.29) is 23.5 Å². The van der Waals surface area contributed by atoms with Crippen molar-refractivity contribution >= 4 is 27.5 Å². The maximum absolute atomic E-state index is 14.0. The molecule has 0 saturated heterocycles. The Kier molecular flexibility index (Phi) is 10.1. The Balaban J connectivity index is 2.12. The van der Waals surface area contributed by atoms with Crippen LogP contribution in [0.2, 0.25) is 0 Å². The van der Waals surface area contributed by atoms with Crippen molar-refractivity contribution in [3.63, 3.8) is 0 Å². The smallest absolute Gasteiger partial charge is 0.350 e. The van der Waals surface area contributed by atoms with Crippen LogP contribution < -0.4 is 9.62 Å². The van der Waals surface area contributed by atoms with Gasteiger partial charge in [-0.1, -0.05) is 61.0 Å². The van der Waals surface area contributed by atoms with Crippen LogP contribution in [0.15, 0.2) is 83.8 Å². The number of sulfonamides is 1. The number of hydrogen-bond donors (Lipinski definition) is 1. The number of benzene rings is 3. The Bertz CT molecular complexity index is 1490. The number of amides is 2. The van der Waals surface area contributed by atoms with Gasteiger partial charge in [0.15, 0.2) is 0 Å². The summed E-state index contributed by atoms with van der Waals surface area (Å²) in [4.78, 5) is 28.4. The summed E-state index contributed by atoms with van der Waals surface area (Å²) in [6.45, 7) is 8.03. The minimum atomic E-state index is -4.74.